The third-order valence-corrected chi connectivity index (χ3v) is 16.4. The Morgan fingerprint density at radius 1 is 0.366 bits per heavy atom. The molecule has 0 N–H and O–H groups in total. The van der Waals surface area contributed by atoms with Crippen molar-refractivity contribution in [1.29, 1.82) is 0 Å². The number of hydrogen-bond donors (Lipinski definition) is 0. The molecule has 0 saturated heterocycles. The van der Waals surface area contributed by atoms with E-state index in [1.165, 1.54) is 0 Å². The molecular weight excluding hydrogens is 1360 g/mol. The molecule has 24 heteroatoms. The minimum absolute atomic E-state index is 0. The fourth-order valence-electron chi connectivity index (χ4n) is 8.38. The second-order valence-electron chi connectivity index (χ2n) is 17.4. The molecule has 430 valence electrons. The molecule has 8 aromatic carbocycles. The summed E-state index contributed by atoms with van der Waals surface area (Å²) in [5, 5.41) is 2.40. The van der Waals surface area contributed by atoms with E-state index < -0.39 is 73.5 Å². The summed E-state index contributed by atoms with van der Waals surface area (Å²) >= 11 is -18.4. The number of carbonyl (C=O) groups is 2. The predicted octanol–water partition coefficient (Wildman–Crippen LogP) is 10.6. The Morgan fingerprint density at radius 3 is 1.00 bits per heavy atom. The molecule has 0 bridgehead atoms. The number of unbranched alkanes of at least 4 members (excludes halogenated alkanes) is 1. The van der Waals surface area contributed by atoms with Gasteiger partial charge in [0.15, 0.2) is 41.8 Å². The van der Waals surface area contributed by atoms with Crippen LogP contribution in [0.1, 0.15) is 12.8 Å². The molecule has 8 nitrogen and oxygen atoms in total. The van der Waals surface area contributed by atoms with Crippen LogP contribution in [0.15, 0.2) is 204 Å². The van der Waals surface area contributed by atoms with Gasteiger partial charge in [0.25, 0.3) is 0 Å². The van der Waals surface area contributed by atoms with E-state index in [0.717, 1.165) is 50.8 Å². The first kappa shape index (κ1) is 64.1. The van der Waals surface area contributed by atoms with Gasteiger partial charge in [-0.25, -0.2) is 9.59 Å². The third-order valence-electron chi connectivity index (χ3n) is 11.7. The van der Waals surface area contributed by atoms with Gasteiger partial charge in [-0.15, -0.1) is 0 Å². The molecule has 2 unspecified atom stereocenters. The number of esters is 2. The molecule has 0 fully saturated rings. The Morgan fingerprint density at radius 2 is 0.659 bits per heavy atom. The van der Waals surface area contributed by atoms with Crippen molar-refractivity contribution in [2.24, 2.45) is 0 Å². The monoisotopic (exact) mass is 1400 g/mol. The Hall–Kier alpha value is -7.12. The van der Waals surface area contributed by atoms with E-state index in [4.69, 9.17) is 18.9 Å². The summed E-state index contributed by atoms with van der Waals surface area (Å²) in [6, 6.07) is 63.7. The first-order valence-corrected chi connectivity index (χ1v) is 36.1. The molecule has 2 atom stereocenters. The van der Waals surface area contributed by atoms with Crippen LogP contribution in [0.2, 0.25) is 0 Å². The Balaban J connectivity index is 0.000000700. The third kappa shape index (κ3) is 18.2. The summed E-state index contributed by atoms with van der Waals surface area (Å²) in [7, 11) is -1.04. The van der Waals surface area contributed by atoms with Crippen molar-refractivity contribution in [3.8, 4) is 43.5 Å². The zero-order chi connectivity index (χ0) is 57.3. The fourth-order valence-corrected chi connectivity index (χ4v) is 13.0. The van der Waals surface area contributed by atoms with Crippen LogP contribution < -0.4 is 29.7 Å². The van der Waals surface area contributed by atoms with Crippen LogP contribution in [0.3, 0.4) is 0 Å². The SMILES string of the molecule is O=C(COc1ccc2c(c1)c(=O)c1ccccc1[s+]2-c1ccc(-c2ccccc2)cc1)OCCCCOC(=O)COc1ccc2c(c1)c(=O)c1ccccc1[s+]2-c1ccc(-c2ccccc2)cc1.[F-].[F-].[F][Sb]([F])([F])([F])[F].[F][Sb]([F])([F])([F])[F]. The van der Waals surface area contributed by atoms with E-state index >= 15 is 0 Å². The van der Waals surface area contributed by atoms with E-state index in [0.29, 0.717) is 45.9 Å². The summed E-state index contributed by atoms with van der Waals surface area (Å²) in [6.45, 7) is -0.419. The van der Waals surface area contributed by atoms with Crippen LogP contribution in [0.5, 0.6) is 11.5 Å². The second kappa shape index (κ2) is 26.9. The van der Waals surface area contributed by atoms with Gasteiger partial charge in [-0.2, -0.15) is 0 Å². The number of hydrogen-bond acceptors (Lipinski definition) is 8. The maximum atomic E-state index is 13.8. The number of benzene rings is 8. The zero-order valence-electron chi connectivity index (χ0n) is 42.2. The fraction of sp³-hybridized carbons (Fsp3) is 0.103. The van der Waals surface area contributed by atoms with Gasteiger partial charge in [0.2, 0.25) is 10.9 Å². The van der Waals surface area contributed by atoms with Crippen molar-refractivity contribution in [2.45, 2.75) is 12.8 Å². The average molecular weight is 1400 g/mol. The summed E-state index contributed by atoms with van der Waals surface area (Å²) in [5.41, 5.74) is 4.34. The van der Waals surface area contributed by atoms with E-state index in [1.54, 1.807) is 24.3 Å². The van der Waals surface area contributed by atoms with Crippen LogP contribution in [0, 0.1) is 0 Å². The standard InChI is InChI=1S/C58H44O8S2.12FH.2Sb/c59-55(37-65-43-25-31-53-49(35-43)57(61)47-17-7-9-19-51(47)67(53)45-27-21-41(22-28-45)39-13-3-1-4-14-39)63-33-11-12-34-64-56(60)38-66-44-26-32-54-50(36-44)58(62)48-18-8-10-20-52(48)68(54)46-29-23-42(24-30-46)40-15-5-2-6-16-40;;;;;;;;;;;;;;/h1-10,13-32,35-36H,11-12,33-34,37-38H2;12*1H;;/q+2;;;;;;;;;;;;;2*+5/p-12. The molecule has 0 aliphatic rings. The van der Waals surface area contributed by atoms with Crippen LogP contribution in [0.25, 0.3) is 72.4 Å². The van der Waals surface area contributed by atoms with Crippen molar-refractivity contribution in [3.05, 3.63) is 215 Å². The van der Waals surface area contributed by atoms with Gasteiger partial charge in [-0.3, -0.25) is 9.59 Å². The topological polar surface area (TPSA) is 105 Å². The molecule has 0 aliphatic carbocycles. The normalized spacial score (nSPS) is 12.6. The van der Waals surface area contributed by atoms with Gasteiger partial charge in [-0.05, 0) is 132 Å². The second-order valence-corrected chi connectivity index (χ2v) is 28.6. The molecule has 82 heavy (non-hydrogen) atoms. The maximum absolute atomic E-state index is 13.8. The summed E-state index contributed by atoms with van der Waals surface area (Å²) < 4.78 is 125. The number of fused-ring (bicyclic) bond motifs is 4. The quantitative estimate of drug-likeness (QED) is 0.0250. The van der Waals surface area contributed by atoms with Crippen molar-refractivity contribution in [3.63, 3.8) is 0 Å². The predicted molar refractivity (Wildman–Crippen MR) is 299 cm³/mol. The van der Waals surface area contributed by atoms with Crippen molar-refractivity contribution in [2.75, 3.05) is 26.4 Å². The van der Waals surface area contributed by atoms with Crippen molar-refractivity contribution in [1.82, 2.24) is 0 Å². The van der Waals surface area contributed by atoms with Crippen molar-refractivity contribution < 1.29 is 66.1 Å². The Labute approximate surface area is 473 Å². The van der Waals surface area contributed by atoms with Gasteiger partial charge >= 0.3 is 80.7 Å². The minimum atomic E-state index is -9.19. The van der Waals surface area contributed by atoms with Crippen LogP contribution in [-0.4, -0.2) is 79.0 Å². The first-order chi connectivity index (χ1) is 37.9. The van der Waals surface area contributed by atoms with Crippen LogP contribution in [-0.2, 0) is 19.1 Å². The molecule has 10 rings (SSSR count). The summed E-state index contributed by atoms with van der Waals surface area (Å²) in [6.07, 6.45) is 0.930. The molecule has 2 aromatic heterocycles. The number of carbonyl (C=O) groups excluding carboxylic acids is 2. The molecule has 2 heterocycles. The Kier molecular flexibility index (Phi) is 21.0. The molecule has 0 amide bonds. The summed E-state index contributed by atoms with van der Waals surface area (Å²) in [5.74, 6) is -0.314. The van der Waals surface area contributed by atoms with Crippen LogP contribution in [0.4, 0.5) is 28.1 Å². The average Bonchev–Trinajstić information content (AvgIpc) is 1.44. The van der Waals surface area contributed by atoms with Gasteiger partial charge in [0.05, 0.1) is 34.8 Å². The zero-order valence-corrected chi connectivity index (χ0v) is 49.0. The molecule has 0 aliphatic heterocycles. The molecule has 0 spiro atoms. The number of halogens is 12. The summed E-state index contributed by atoms with van der Waals surface area (Å²) in [4.78, 5) is 55.0. The van der Waals surface area contributed by atoms with Crippen molar-refractivity contribution >= 4 is 114 Å². The van der Waals surface area contributed by atoms with Gasteiger partial charge < -0.3 is 28.4 Å². The number of rotatable bonds is 15. The number of ether oxygens (including phenoxy) is 4. The van der Waals surface area contributed by atoms with E-state index in [9.17, 15) is 47.3 Å². The van der Waals surface area contributed by atoms with Gasteiger partial charge in [0.1, 0.15) is 11.5 Å². The van der Waals surface area contributed by atoms with E-state index in [2.05, 4.69) is 72.8 Å². The molecule has 0 saturated carbocycles. The molecule has 0 radical (unpaired) electrons. The van der Waals surface area contributed by atoms with E-state index in [-0.39, 0.29) is 46.7 Å². The van der Waals surface area contributed by atoms with Crippen LogP contribution >= 0.6 is 20.9 Å². The van der Waals surface area contributed by atoms with Gasteiger partial charge in [-0.1, -0.05) is 84.9 Å². The molecular formula is C58H44F12O8S2Sb2. The van der Waals surface area contributed by atoms with Gasteiger partial charge in [0, 0.05) is 33.1 Å². The Bertz CT molecular complexity index is 3700. The first-order valence-electron chi connectivity index (χ1n) is 24.0. The van der Waals surface area contributed by atoms with E-state index in [1.807, 2.05) is 97.1 Å². The molecule has 10 aromatic rings.